The minimum absolute atomic E-state index is 0.0726. The van der Waals surface area contributed by atoms with Gasteiger partial charge >= 0.3 is 6.01 Å². The standard InChI is InChI=1S/C12H22N4O2/c1-6-18-11-14-10(15-16-11)13-9(17)7-8(2)12(3,4)5/h8H,6-7H2,1-5H3,(H2,13,14,15,16,17). The first-order valence-corrected chi connectivity index (χ1v) is 6.18. The van der Waals surface area contributed by atoms with Crippen LogP contribution in [0.15, 0.2) is 0 Å². The third-order valence-electron chi connectivity index (χ3n) is 2.97. The summed E-state index contributed by atoms with van der Waals surface area (Å²) < 4.78 is 5.10. The number of aromatic amines is 1. The van der Waals surface area contributed by atoms with E-state index in [9.17, 15) is 4.79 Å². The molecule has 0 aromatic carbocycles. The van der Waals surface area contributed by atoms with Crippen molar-refractivity contribution in [2.24, 2.45) is 11.3 Å². The Balaban J connectivity index is 2.49. The molecule has 2 N–H and O–H groups in total. The summed E-state index contributed by atoms with van der Waals surface area (Å²) in [4.78, 5) is 15.8. The van der Waals surface area contributed by atoms with Gasteiger partial charge in [-0.3, -0.25) is 10.1 Å². The molecule has 1 rings (SSSR count). The number of ether oxygens (including phenoxy) is 1. The van der Waals surface area contributed by atoms with Crippen LogP contribution in [0.1, 0.15) is 41.0 Å². The van der Waals surface area contributed by atoms with E-state index in [0.29, 0.717) is 19.0 Å². The second-order valence-corrected chi connectivity index (χ2v) is 5.42. The quantitative estimate of drug-likeness (QED) is 0.844. The van der Waals surface area contributed by atoms with E-state index in [-0.39, 0.29) is 23.3 Å². The highest BCUT2D eigenvalue weighted by atomic mass is 16.5. The zero-order valence-electron chi connectivity index (χ0n) is 11.7. The molecule has 1 aromatic rings. The zero-order chi connectivity index (χ0) is 13.8. The van der Waals surface area contributed by atoms with E-state index < -0.39 is 0 Å². The van der Waals surface area contributed by atoms with Gasteiger partial charge in [-0.1, -0.05) is 27.7 Å². The fourth-order valence-corrected chi connectivity index (χ4v) is 1.26. The molecule has 1 unspecified atom stereocenters. The van der Waals surface area contributed by atoms with Crippen molar-refractivity contribution >= 4 is 11.9 Å². The lowest BCUT2D eigenvalue weighted by molar-refractivity contribution is -0.117. The summed E-state index contributed by atoms with van der Waals surface area (Å²) in [5.41, 5.74) is 0.106. The fraction of sp³-hybridized carbons (Fsp3) is 0.750. The Labute approximate surface area is 108 Å². The average molecular weight is 254 g/mol. The highest BCUT2D eigenvalue weighted by molar-refractivity contribution is 5.89. The maximum atomic E-state index is 11.8. The fourth-order valence-electron chi connectivity index (χ4n) is 1.26. The smallest absolute Gasteiger partial charge is 0.337 e. The van der Waals surface area contributed by atoms with Crippen LogP contribution in [0.25, 0.3) is 0 Å². The molecular weight excluding hydrogens is 232 g/mol. The van der Waals surface area contributed by atoms with Crippen LogP contribution in [-0.2, 0) is 4.79 Å². The topological polar surface area (TPSA) is 79.9 Å². The molecule has 1 atom stereocenters. The number of hydrogen-bond donors (Lipinski definition) is 2. The Morgan fingerprint density at radius 3 is 2.72 bits per heavy atom. The first kappa shape index (κ1) is 14.5. The van der Waals surface area contributed by atoms with Crippen LogP contribution < -0.4 is 10.1 Å². The van der Waals surface area contributed by atoms with Crippen molar-refractivity contribution in [2.45, 2.75) is 41.0 Å². The molecule has 1 amide bonds. The maximum Gasteiger partial charge on any atom is 0.337 e. The SMILES string of the molecule is CCOc1n[nH]c(NC(=O)CC(C)C(C)(C)C)n1. The lowest BCUT2D eigenvalue weighted by atomic mass is 9.80. The van der Waals surface area contributed by atoms with Gasteiger partial charge in [0.05, 0.1) is 6.61 Å². The highest BCUT2D eigenvalue weighted by Gasteiger charge is 2.23. The molecule has 0 aliphatic heterocycles. The third-order valence-corrected chi connectivity index (χ3v) is 2.97. The van der Waals surface area contributed by atoms with Crippen molar-refractivity contribution in [1.29, 1.82) is 0 Å². The van der Waals surface area contributed by atoms with Gasteiger partial charge in [-0.25, -0.2) is 5.10 Å². The van der Waals surface area contributed by atoms with Crippen LogP contribution in [0.5, 0.6) is 6.01 Å². The average Bonchev–Trinajstić information content (AvgIpc) is 2.64. The van der Waals surface area contributed by atoms with Gasteiger partial charge in [0.15, 0.2) is 0 Å². The normalized spacial score (nSPS) is 13.2. The van der Waals surface area contributed by atoms with Crippen LogP contribution in [-0.4, -0.2) is 27.7 Å². The molecule has 0 spiro atoms. The Bertz CT molecular complexity index is 395. The number of hydrogen-bond acceptors (Lipinski definition) is 4. The molecule has 0 bridgehead atoms. The lowest BCUT2D eigenvalue weighted by Gasteiger charge is -2.26. The van der Waals surface area contributed by atoms with Crippen molar-refractivity contribution < 1.29 is 9.53 Å². The largest absolute Gasteiger partial charge is 0.463 e. The molecule has 102 valence electrons. The molecule has 0 radical (unpaired) electrons. The van der Waals surface area contributed by atoms with Gasteiger partial charge in [0.25, 0.3) is 0 Å². The molecule has 0 aliphatic rings. The van der Waals surface area contributed by atoms with Crippen molar-refractivity contribution in [3.63, 3.8) is 0 Å². The maximum absolute atomic E-state index is 11.8. The molecule has 18 heavy (non-hydrogen) atoms. The molecule has 0 fully saturated rings. The molecule has 6 nitrogen and oxygen atoms in total. The molecule has 1 aromatic heterocycles. The van der Waals surface area contributed by atoms with E-state index in [4.69, 9.17) is 4.74 Å². The van der Waals surface area contributed by atoms with Gasteiger partial charge in [-0.05, 0) is 18.3 Å². The summed E-state index contributed by atoms with van der Waals surface area (Å²) in [6.45, 7) is 10.8. The minimum Gasteiger partial charge on any atom is -0.463 e. The van der Waals surface area contributed by atoms with Gasteiger partial charge in [0, 0.05) is 6.42 Å². The second kappa shape index (κ2) is 5.84. The van der Waals surface area contributed by atoms with E-state index in [1.165, 1.54) is 0 Å². The second-order valence-electron chi connectivity index (χ2n) is 5.42. The van der Waals surface area contributed by atoms with Gasteiger partial charge in [-0.15, -0.1) is 5.10 Å². The third kappa shape index (κ3) is 4.35. The van der Waals surface area contributed by atoms with Crippen molar-refractivity contribution in [1.82, 2.24) is 15.2 Å². The number of carbonyl (C=O) groups excluding carboxylic acids is 1. The number of nitrogens with zero attached hydrogens (tertiary/aromatic N) is 2. The molecule has 0 saturated carbocycles. The van der Waals surface area contributed by atoms with E-state index in [0.717, 1.165) is 0 Å². The Morgan fingerprint density at radius 1 is 1.50 bits per heavy atom. The summed E-state index contributed by atoms with van der Waals surface area (Å²) in [5.74, 6) is 0.535. The van der Waals surface area contributed by atoms with Crippen LogP contribution in [0, 0.1) is 11.3 Å². The number of H-pyrrole nitrogens is 1. The summed E-state index contributed by atoms with van der Waals surface area (Å²) in [5, 5.41) is 9.10. The Hall–Kier alpha value is -1.59. The lowest BCUT2D eigenvalue weighted by Crippen LogP contribution is -2.24. The molecule has 0 saturated heterocycles. The molecule has 1 heterocycles. The number of amides is 1. The predicted molar refractivity (Wildman–Crippen MR) is 69.4 cm³/mol. The molecule has 0 aliphatic carbocycles. The Kier molecular flexibility index (Phi) is 4.69. The van der Waals surface area contributed by atoms with Gasteiger partial charge in [0.1, 0.15) is 0 Å². The Morgan fingerprint density at radius 2 is 2.17 bits per heavy atom. The number of nitrogens with one attached hydrogen (secondary N) is 2. The zero-order valence-corrected chi connectivity index (χ0v) is 11.7. The summed E-state index contributed by atoms with van der Waals surface area (Å²) in [7, 11) is 0. The monoisotopic (exact) mass is 254 g/mol. The molecular formula is C12H22N4O2. The van der Waals surface area contributed by atoms with Crippen LogP contribution in [0.3, 0.4) is 0 Å². The number of carbonyl (C=O) groups is 1. The molecule has 6 heteroatoms. The minimum atomic E-state index is -0.0726. The van der Waals surface area contributed by atoms with E-state index in [2.05, 4.69) is 48.2 Å². The number of aromatic nitrogens is 3. The summed E-state index contributed by atoms with van der Waals surface area (Å²) in [6.07, 6.45) is 0.453. The number of rotatable bonds is 5. The number of anilines is 1. The van der Waals surface area contributed by atoms with Crippen molar-refractivity contribution in [3.8, 4) is 6.01 Å². The summed E-state index contributed by atoms with van der Waals surface area (Å²) >= 11 is 0. The van der Waals surface area contributed by atoms with Crippen molar-refractivity contribution in [2.75, 3.05) is 11.9 Å². The van der Waals surface area contributed by atoms with E-state index >= 15 is 0 Å². The highest BCUT2D eigenvalue weighted by Crippen LogP contribution is 2.28. The van der Waals surface area contributed by atoms with Gasteiger partial charge < -0.3 is 4.74 Å². The predicted octanol–water partition coefficient (Wildman–Crippen LogP) is 2.21. The van der Waals surface area contributed by atoms with Gasteiger partial charge in [-0.2, -0.15) is 4.98 Å². The van der Waals surface area contributed by atoms with E-state index in [1.807, 2.05) is 6.92 Å². The first-order valence-electron chi connectivity index (χ1n) is 6.18. The van der Waals surface area contributed by atoms with Crippen molar-refractivity contribution in [3.05, 3.63) is 0 Å². The van der Waals surface area contributed by atoms with Crippen LogP contribution in [0.4, 0.5) is 5.95 Å². The van der Waals surface area contributed by atoms with Gasteiger partial charge in [0.2, 0.25) is 11.9 Å². The van der Waals surface area contributed by atoms with Crippen LogP contribution >= 0.6 is 0 Å². The van der Waals surface area contributed by atoms with E-state index in [1.54, 1.807) is 0 Å². The van der Waals surface area contributed by atoms with Crippen LogP contribution in [0.2, 0.25) is 0 Å². The first-order chi connectivity index (χ1) is 8.32. The summed E-state index contributed by atoms with van der Waals surface area (Å²) in [6, 6.07) is 0.247.